The van der Waals surface area contributed by atoms with Crippen molar-refractivity contribution in [2.75, 3.05) is 39.8 Å². The van der Waals surface area contributed by atoms with Crippen LogP contribution < -0.4 is 10.7 Å². The van der Waals surface area contributed by atoms with Crippen molar-refractivity contribution in [3.63, 3.8) is 0 Å². The molecule has 0 radical (unpaired) electrons. The van der Waals surface area contributed by atoms with Gasteiger partial charge in [-0.3, -0.25) is 5.43 Å². The third-order valence-corrected chi connectivity index (χ3v) is 6.08. The summed E-state index contributed by atoms with van der Waals surface area (Å²) in [5.41, 5.74) is 2.95. The lowest BCUT2D eigenvalue weighted by Gasteiger charge is -2.32. The SMILES string of the molecule is CCCCCCCCCCCCCCCCCCNC(=O)NN1CCN(C)CC1. The molecule has 0 aliphatic carbocycles. The van der Waals surface area contributed by atoms with Crippen molar-refractivity contribution in [1.82, 2.24) is 20.7 Å². The molecule has 1 rings (SSSR count). The van der Waals surface area contributed by atoms with Crippen LogP contribution in [-0.2, 0) is 0 Å². The van der Waals surface area contributed by atoms with Crippen molar-refractivity contribution in [2.24, 2.45) is 0 Å². The predicted molar refractivity (Wildman–Crippen MR) is 125 cm³/mol. The van der Waals surface area contributed by atoms with Crippen LogP contribution in [0.3, 0.4) is 0 Å². The largest absolute Gasteiger partial charge is 0.337 e. The lowest BCUT2D eigenvalue weighted by atomic mass is 10.0. The monoisotopic (exact) mass is 410 g/mol. The quantitative estimate of drug-likeness (QED) is 0.285. The first-order valence-electron chi connectivity index (χ1n) is 12.7. The number of nitrogens with zero attached hydrogens (tertiary/aromatic N) is 2. The first-order chi connectivity index (χ1) is 14.2. The van der Waals surface area contributed by atoms with Crippen LogP contribution in [0, 0.1) is 0 Å². The fourth-order valence-corrected chi connectivity index (χ4v) is 3.98. The first kappa shape index (κ1) is 26.2. The number of carbonyl (C=O) groups excluding carboxylic acids is 1. The van der Waals surface area contributed by atoms with E-state index in [0.29, 0.717) is 0 Å². The van der Waals surface area contributed by atoms with Gasteiger partial charge >= 0.3 is 6.03 Å². The maximum Gasteiger partial charge on any atom is 0.329 e. The third kappa shape index (κ3) is 16.7. The lowest BCUT2D eigenvalue weighted by Crippen LogP contribution is -2.54. The number of urea groups is 1. The van der Waals surface area contributed by atoms with E-state index < -0.39 is 0 Å². The summed E-state index contributed by atoms with van der Waals surface area (Å²) in [6.07, 6.45) is 22.1. The molecule has 0 aromatic carbocycles. The second-order valence-electron chi connectivity index (χ2n) is 8.96. The van der Waals surface area contributed by atoms with Gasteiger partial charge < -0.3 is 10.2 Å². The summed E-state index contributed by atoms with van der Waals surface area (Å²) >= 11 is 0. The molecule has 1 fully saturated rings. The highest BCUT2D eigenvalue weighted by atomic mass is 16.2. The van der Waals surface area contributed by atoms with Crippen LogP contribution in [0.15, 0.2) is 0 Å². The smallest absolute Gasteiger partial charge is 0.329 e. The maximum atomic E-state index is 11.9. The van der Waals surface area contributed by atoms with E-state index in [1.54, 1.807) is 0 Å². The molecule has 1 heterocycles. The Balaban J connectivity index is 1.73. The van der Waals surface area contributed by atoms with Crippen LogP contribution in [0.4, 0.5) is 4.79 Å². The normalized spacial score (nSPS) is 15.5. The van der Waals surface area contributed by atoms with Gasteiger partial charge in [-0.2, -0.15) is 0 Å². The standard InChI is InChI=1S/C24H50N4O/c1-3-4-5-6-7-8-9-10-11-12-13-14-15-16-17-18-19-25-24(29)26-28-22-20-27(2)21-23-28/h3-23H2,1-2H3,(H2,25,26,29). The van der Waals surface area contributed by atoms with Gasteiger partial charge in [-0.05, 0) is 13.5 Å². The van der Waals surface area contributed by atoms with Crippen LogP contribution in [0.25, 0.3) is 0 Å². The van der Waals surface area contributed by atoms with Gasteiger partial charge in [0.25, 0.3) is 0 Å². The molecule has 1 saturated heterocycles. The Hall–Kier alpha value is -0.810. The van der Waals surface area contributed by atoms with E-state index in [9.17, 15) is 4.79 Å². The zero-order chi connectivity index (χ0) is 21.0. The maximum absolute atomic E-state index is 11.9. The molecular formula is C24H50N4O. The molecule has 1 aliphatic rings. The van der Waals surface area contributed by atoms with Crippen molar-refractivity contribution in [3.05, 3.63) is 0 Å². The zero-order valence-electron chi connectivity index (χ0n) is 19.7. The van der Waals surface area contributed by atoms with Gasteiger partial charge in [-0.25, -0.2) is 9.80 Å². The summed E-state index contributed by atoms with van der Waals surface area (Å²) in [4.78, 5) is 14.2. The van der Waals surface area contributed by atoms with Gasteiger partial charge in [-0.15, -0.1) is 0 Å². The molecule has 0 aromatic rings. The Morgan fingerprint density at radius 2 is 1.07 bits per heavy atom. The number of nitrogens with one attached hydrogen (secondary N) is 2. The zero-order valence-corrected chi connectivity index (χ0v) is 19.7. The predicted octanol–water partition coefficient (Wildman–Crippen LogP) is 5.71. The molecule has 0 atom stereocenters. The summed E-state index contributed by atoms with van der Waals surface area (Å²) in [6.45, 7) is 6.91. The van der Waals surface area contributed by atoms with Gasteiger partial charge in [0.1, 0.15) is 0 Å². The van der Waals surface area contributed by atoms with Crippen molar-refractivity contribution in [2.45, 2.75) is 110 Å². The van der Waals surface area contributed by atoms with Crippen molar-refractivity contribution >= 4 is 6.03 Å². The molecule has 0 bridgehead atoms. The van der Waals surface area contributed by atoms with E-state index in [1.165, 1.54) is 96.3 Å². The summed E-state index contributed by atoms with van der Waals surface area (Å²) in [5.74, 6) is 0. The van der Waals surface area contributed by atoms with Gasteiger partial charge in [0, 0.05) is 32.7 Å². The number of rotatable bonds is 18. The Bertz CT molecular complexity index is 370. The molecule has 2 amide bonds. The van der Waals surface area contributed by atoms with E-state index >= 15 is 0 Å². The molecule has 0 spiro atoms. The fraction of sp³-hybridized carbons (Fsp3) is 0.958. The van der Waals surface area contributed by atoms with Crippen LogP contribution in [0.1, 0.15) is 110 Å². The molecule has 5 nitrogen and oxygen atoms in total. The lowest BCUT2D eigenvalue weighted by molar-refractivity contribution is 0.112. The number of hydrogen-bond donors (Lipinski definition) is 2. The molecule has 1 aliphatic heterocycles. The Kier molecular flexibility index (Phi) is 17.3. The highest BCUT2D eigenvalue weighted by Crippen LogP contribution is 2.13. The molecule has 0 aromatic heterocycles. The molecule has 5 heteroatoms. The van der Waals surface area contributed by atoms with Gasteiger partial charge in [0.05, 0.1) is 0 Å². The number of hydrazine groups is 1. The molecular weight excluding hydrogens is 360 g/mol. The van der Waals surface area contributed by atoms with E-state index in [2.05, 4.69) is 29.6 Å². The second-order valence-corrected chi connectivity index (χ2v) is 8.96. The van der Waals surface area contributed by atoms with Crippen molar-refractivity contribution < 1.29 is 4.79 Å². The molecule has 0 saturated carbocycles. The topological polar surface area (TPSA) is 47.6 Å². The molecule has 29 heavy (non-hydrogen) atoms. The highest BCUT2D eigenvalue weighted by molar-refractivity contribution is 5.73. The van der Waals surface area contributed by atoms with Crippen LogP contribution >= 0.6 is 0 Å². The summed E-state index contributed by atoms with van der Waals surface area (Å²) in [7, 11) is 2.12. The van der Waals surface area contributed by atoms with Gasteiger partial charge in [0.2, 0.25) is 0 Å². The molecule has 0 unspecified atom stereocenters. The minimum atomic E-state index is -0.0458. The number of likely N-dealkylation sites (N-methyl/N-ethyl adjacent to an activating group) is 1. The summed E-state index contributed by atoms with van der Waals surface area (Å²) in [6, 6.07) is -0.0458. The van der Waals surface area contributed by atoms with Gasteiger partial charge in [-0.1, -0.05) is 103 Å². The average Bonchev–Trinajstić information content (AvgIpc) is 2.72. The average molecular weight is 411 g/mol. The molecule has 172 valence electrons. The summed E-state index contributed by atoms with van der Waals surface area (Å²) < 4.78 is 0. The van der Waals surface area contributed by atoms with E-state index in [-0.39, 0.29) is 6.03 Å². The Morgan fingerprint density at radius 1 is 0.655 bits per heavy atom. The minimum absolute atomic E-state index is 0.0458. The highest BCUT2D eigenvalue weighted by Gasteiger charge is 2.15. The van der Waals surface area contributed by atoms with Crippen molar-refractivity contribution in [1.29, 1.82) is 0 Å². The minimum Gasteiger partial charge on any atom is -0.337 e. The number of hydrogen-bond acceptors (Lipinski definition) is 3. The second kappa shape index (κ2) is 19.2. The Morgan fingerprint density at radius 3 is 1.52 bits per heavy atom. The third-order valence-electron chi connectivity index (χ3n) is 6.08. The van der Waals surface area contributed by atoms with Crippen molar-refractivity contribution in [3.8, 4) is 0 Å². The van der Waals surface area contributed by atoms with E-state index in [4.69, 9.17) is 0 Å². The number of amides is 2. The van der Waals surface area contributed by atoms with Crippen LogP contribution in [0.5, 0.6) is 0 Å². The van der Waals surface area contributed by atoms with E-state index in [0.717, 1.165) is 39.1 Å². The first-order valence-corrected chi connectivity index (χ1v) is 12.7. The van der Waals surface area contributed by atoms with E-state index in [1.807, 2.05) is 5.01 Å². The fourth-order valence-electron chi connectivity index (χ4n) is 3.98. The van der Waals surface area contributed by atoms with Gasteiger partial charge in [0.15, 0.2) is 0 Å². The van der Waals surface area contributed by atoms with Crippen LogP contribution in [0.2, 0.25) is 0 Å². The molecule has 2 N–H and O–H groups in total. The summed E-state index contributed by atoms with van der Waals surface area (Å²) in [5, 5.41) is 5.00. The van der Waals surface area contributed by atoms with Crippen LogP contribution in [-0.4, -0.2) is 55.7 Å². The number of carbonyl (C=O) groups is 1. The number of unbranched alkanes of at least 4 members (excludes halogenated alkanes) is 15. The Labute approximate surface area is 181 Å². The number of piperazine rings is 1.